The normalized spacial score (nSPS) is 18.7. The monoisotopic (exact) mass is 385 g/mol. The summed E-state index contributed by atoms with van der Waals surface area (Å²) in [5.41, 5.74) is 11.1. The molecule has 142 valence electrons. The molecule has 0 spiro atoms. The third kappa shape index (κ3) is 3.39. The van der Waals surface area contributed by atoms with Crippen molar-refractivity contribution in [2.75, 3.05) is 22.8 Å². The molecule has 1 unspecified atom stereocenters. The number of hydrogen-bond donors (Lipinski definition) is 2. The number of fused-ring (bicyclic) bond motifs is 2. The number of amides is 1. The van der Waals surface area contributed by atoms with Crippen LogP contribution >= 0.6 is 0 Å². The van der Waals surface area contributed by atoms with E-state index in [2.05, 4.69) is 5.32 Å². The molecule has 1 aliphatic carbocycles. The lowest BCUT2D eigenvalue weighted by Gasteiger charge is -2.27. The van der Waals surface area contributed by atoms with Crippen molar-refractivity contribution in [2.45, 2.75) is 31.7 Å². The average molecular weight is 385 g/mol. The van der Waals surface area contributed by atoms with E-state index < -0.39 is 10.0 Å². The molecule has 0 bridgehead atoms. The Bertz CT molecular complexity index is 1020. The van der Waals surface area contributed by atoms with Crippen LogP contribution in [0.4, 0.5) is 11.4 Å². The molecule has 0 fully saturated rings. The smallest absolute Gasteiger partial charge is 0.251 e. The molecular formula is C20H23N3O3S. The van der Waals surface area contributed by atoms with Crippen molar-refractivity contribution >= 4 is 27.3 Å². The number of aryl methyl sites for hydroxylation is 1. The van der Waals surface area contributed by atoms with Crippen molar-refractivity contribution in [1.82, 2.24) is 5.32 Å². The number of nitrogens with one attached hydrogen (secondary N) is 1. The Kier molecular flexibility index (Phi) is 4.34. The molecule has 0 radical (unpaired) electrons. The molecule has 2 aromatic carbocycles. The van der Waals surface area contributed by atoms with Gasteiger partial charge in [0.05, 0.1) is 18.0 Å². The highest BCUT2D eigenvalue weighted by Crippen LogP contribution is 2.33. The molecule has 0 saturated heterocycles. The first-order valence-electron chi connectivity index (χ1n) is 9.13. The molecule has 0 aromatic heterocycles. The lowest BCUT2D eigenvalue weighted by atomic mass is 9.87. The van der Waals surface area contributed by atoms with Gasteiger partial charge in [0.2, 0.25) is 10.0 Å². The summed E-state index contributed by atoms with van der Waals surface area (Å²) in [4.78, 5) is 12.8. The zero-order valence-corrected chi connectivity index (χ0v) is 16.1. The lowest BCUT2D eigenvalue weighted by molar-refractivity contribution is 0.0932. The number of anilines is 2. The first-order chi connectivity index (χ1) is 12.8. The van der Waals surface area contributed by atoms with Gasteiger partial charge in [0, 0.05) is 17.8 Å². The number of carbonyl (C=O) groups is 1. The second kappa shape index (κ2) is 6.56. The number of benzene rings is 2. The number of hydrogen-bond acceptors (Lipinski definition) is 4. The molecule has 3 N–H and O–H groups in total. The molecular weight excluding hydrogens is 362 g/mol. The third-order valence-electron chi connectivity index (χ3n) is 5.38. The third-order valence-corrected chi connectivity index (χ3v) is 6.56. The van der Waals surface area contributed by atoms with E-state index in [0.29, 0.717) is 24.2 Å². The summed E-state index contributed by atoms with van der Waals surface area (Å²) in [5.74, 6) is -0.134. The van der Waals surface area contributed by atoms with E-state index in [1.54, 1.807) is 12.1 Å². The number of carbonyl (C=O) groups excluding carboxylic acids is 1. The summed E-state index contributed by atoms with van der Waals surface area (Å²) in [7, 11) is -3.29. The van der Waals surface area contributed by atoms with Crippen LogP contribution in [0.15, 0.2) is 36.4 Å². The maximum atomic E-state index is 12.8. The fourth-order valence-electron chi connectivity index (χ4n) is 4.08. The topological polar surface area (TPSA) is 92.5 Å². The molecule has 4 rings (SSSR count). The van der Waals surface area contributed by atoms with Crippen LogP contribution in [0.2, 0.25) is 0 Å². The number of nitrogens with zero attached hydrogens (tertiary/aromatic N) is 1. The van der Waals surface area contributed by atoms with Gasteiger partial charge in [-0.2, -0.15) is 0 Å². The average Bonchev–Trinajstić information content (AvgIpc) is 3.05. The first kappa shape index (κ1) is 17.9. The molecule has 1 heterocycles. The zero-order chi connectivity index (χ0) is 19.2. The van der Waals surface area contributed by atoms with E-state index in [1.165, 1.54) is 16.1 Å². The van der Waals surface area contributed by atoms with Crippen LogP contribution in [0.1, 0.15) is 45.9 Å². The van der Waals surface area contributed by atoms with Gasteiger partial charge in [-0.25, -0.2) is 8.42 Å². The Morgan fingerprint density at radius 3 is 2.74 bits per heavy atom. The minimum Gasteiger partial charge on any atom is -0.399 e. The van der Waals surface area contributed by atoms with Crippen LogP contribution in [0.5, 0.6) is 0 Å². The van der Waals surface area contributed by atoms with Crippen LogP contribution in [0, 0.1) is 0 Å². The summed E-state index contributed by atoms with van der Waals surface area (Å²) >= 11 is 0. The van der Waals surface area contributed by atoms with Gasteiger partial charge in [0.1, 0.15) is 0 Å². The largest absolute Gasteiger partial charge is 0.399 e. The van der Waals surface area contributed by atoms with E-state index in [9.17, 15) is 13.2 Å². The van der Waals surface area contributed by atoms with Gasteiger partial charge in [-0.3, -0.25) is 9.10 Å². The van der Waals surface area contributed by atoms with Gasteiger partial charge >= 0.3 is 0 Å². The second-order valence-electron chi connectivity index (χ2n) is 7.31. The molecule has 2 aromatic rings. The van der Waals surface area contributed by atoms with E-state index in [4.69, 9.17) is 5.73 Å². The van der Waals surface area contributed by atoms with Crippen molar-refractivity contribution in [3.8, 4) is 0 Å². The van der Waals surface area contributed by atoms with Crippen molar-refractivity contribution in [3.05, 3.63) is 58.7 Å². The fraction of sp³-hybridized carbons (Fsp3) is 0.350. The maximum absolute atomic E-state index is 12.8. The van der Waals surface area contributed by atoms with Crippen molar-refractivity contribution in [2.24, 2.45) is 0 Å². The summed E-state index contributed by atoms with van der Waals surface area (Å²) in [5, 5.41) is 3.13. The van der Waals surface area contributed by atoms with Gasteiger partial charge in [0.25, 0.3) is 5.91 Å². The minimum absolute atomic E-state index is 0.0253. The fourth-order valence-corrected chi connectivity index (χ4v) is 5.04. The van der Waals surface area contributed by atoms with Crippen LogP contribution in [-0.2, 0) is 22.9 Å². The Balaban J connectivity index is 1.56. The summed E-state index contributed by atoms with van der Waals surface area (Å²) in [6, 6.07) is 11.1. The predicted octanol–water partition coefficient (Wildman–Crippen LogP) is 2.40. The number of sulfonamides is 1. The van der Waals surface area contributed by atoms with Crippen LogP contribution in [-0.4, -0.2) is 27.1 Å². The number of nitrogen functional groups attached to an aromatic ring is 1. The van der Waals surface area contributed by atoms with Crippen LogP contribution in [0.25, 0.3) is 0 Å². The van der Waals surface area contributed by atoms with E-state index in [-0.39, 0.29) is 11.9 Å². The van der Waals surface area contributed by atoms with Crippen molar-refractivity contribution in [1.29, 1.82) is 0 Å². The minimum atomic E-state index is -3.29. The highest BCUT2D eigenvalue weighted by atomic mass is 32.2. The Labute approximate surface area is 159 Å². The summed E-state index contributed by atoms with van der Waals surface area (Å²) in [6.07, 6.45) is 4.71. The van der Waals surface area contributed by atoms with E-state index in [1.807, 2.05) is 24.3 Å². The molecule has 1 amide bonds. The van der Waals surface area contributed by atoms with E-state index >= 15 is 0 Å². The molecule has 1 atom stereocenters. The predicted molar refractivity (Wildman–Crippen MR) is 106 cm³/mol. The van der Waals surface area contributed by atoms with Gasteiger partial charge in [-0.1, -0.05) is 6.07 Å². The lowest BCUT2D eigenvalue weighted by Crippen LogP contribution is -2.31. The molecule has 6 nitrogen and oxygen atoms in total. The highest BCUT2D eigenvalue weighted by Gasteiger charge is 2.27. The SMILES string of the molecule is CS(=O)(=O)N1CCc2cc(C(=O)NC3CCCc4cc(N)ccc43)ccc21. The first-order valence-corrected chi connectivity index (χ1v) is 11.0. The molecule has 27 heavy (non-hydrogen) atoms. The Morgan fingerprint density at radius 2 is 1.96 bits per heavy atom. The molecule has 1 aliphatic heterocycles. The van der Waals surface area contributed by atoms with E-state index in [0.717, 1.165) is 36.1 Å². The highest BCUT2D eigenvalue weighted by molar-refractivity contribution is 7.92. The standard InChI is InChI=1S/C20H23N3O3S/c1-27(25,26)23-10-9-14-11-15(5-8-19(14)23)20(24)22-18-4-2-3-13-12-16(21)6-7-17(13)18/h5-8,11-12,18H,2-4,9-10,21H2,1H3,(H,22,24). The van der Waals surface area contributed by atoms with Gasteiger partial charge < -0.3 is 11.1 Å². The Hall–Kier alpha value is -2.54. The molecule has 7 heteroatoms. The summed E-state index contributed by atoms with van der Waals surface area (Å²) < 4.78 is 25.1. The van der Waals surface area contributed by atoms with Gasteiger partial charge in [-0.15, -0.1) is 0 Å². The Morgan fingerprint density at radius 1 is 1.15 bits per heavy atom. The zero-order valence-electron chi connectivity index (χ0n) is 15.2. The number of rotatable bonds is 3. The van der Waals surface area contributed by atoms with Gasteiger partial charge in [0.15, 0.2) is 0 Å². The molecule has 2 aliphatic rings. The summed E-state index contributed by atoms with van der Waals surface area (Å²) in [6.45, 7) is 0.427. The van der Waals surface area contributed by atoms with Crippen LogP contribution in [0.3, 0.4) is 0 Å². The van der Waals surface area contributed by atoms with Gasteiger partial charge in [-0.05, 0) is 72.7 Å². The van der Waals surface area contributed by atoms with Crippen molar-refractivity contribution in [3.63, 3.8) is 0 Å². The van der Waals surface area contributed by atoms with Crippen LogP contribution < -0.4 is 15.4 Å². The molecule has 0 saturated carbocycles. The quantitative estimate of drug-likeness (QED) is 0.794. The van der Waals surface area contributed by atoms with Crippen molar-refractivity contribution < 1.29 is 13.2 Å². The second-order valence-corrected chi connectivity index (χ2v) is 9.21. The number of nitrogens with two attached hydrogens (primary N) is 1. The maximum Gasteiger partial charge on any atom is 0.251 e.